The molecule has 1 heterocycles. The number of aromatic nitrogens is 2. The molecule has 0 aliphatic carbocycles. The van der Waals surface area contributed by atoms with E-state index in [2.05, 4.69) is 15.5 Å². The number of nitrogens with zero attached hydrogens (tertiary/aromatic N) is 2. The molecule has 1 N–H and O–H groups in total. The largest absolute Gasteiger partial charge is 0.338 e. The van der Waals surface area contributed by atoms with E-state index in [9.17, 15) is 0 Å². The van der Waals surface area contributed by atoms with E-state index in [1.54, 1.807) is 6.20 Å². The number of anilines is 2. The van der Waals surface area contributed by atoms with Crippen LogP contribution in [0, 0.1) is 0 Å². The van der Waals surface area contributed by atoms with Gasteiger partial charge < -0.3 is 5.32 Å². The van der Waals surface area contributed by atoms with Gasteiger partial charge in [-0.25, -0.2) is 0 Å². The summed E-state index contributed by atoms with van der Waals surface area (Å²) in [5.41, 5.74) is 2.00. The van der Waals surface area contributed by atoms with Gasteiger partial charge >= 0.3 is 0 Å². The molecule has 2 aromatic carbocycles. The third kappa shape index (κ3) is 2.37. The van der Waals surface area contributed by atoms with Crippen LogP contribution in [0.3, 0.4) is 0 Å². The highest BCUT2D eigenvalue weighted by Gasteiger charge is 2.05. The monoisotopic (exact) mass is 269 g/mol. The van der Waals surface area contributed by atoms with Gasteiger partial charge in [0, 0.05) is 22.3 Å². The number of halogens is 1. The predicted octanol–water partition coefficient (Wildman–Crippen LogP) is 4.11. The minimum absolute atomic E-state index is 0.460. The summed E-state index contributed by atoms with van der Waals surface area (Å²) >= 11 is 5.94. The molecule has 19 heavy (non-hydrogen) atoms. The minimum atomic E-state index is 0.460. The van der Waals surface area contributed by atoms with Gasteiger partial charge in [0.25, 0.3) is 0 Å². The van der Waals surface area contributed by atoms with Crippen LogP contribution in [0.1, 0.15) is 5.56 Å². The molecule has 94 valence electrons. The standard InChI is InChI=1S/C15H12ClN3/c16-9-11-5-2-4-8-14(11)18-15-13-7-3-1-6-12(13)10-17-19-15/h1-8,10H,9H2,(H,18,19). The molecular formula is C15H12ClN3. The van der Waals surface area contributed by atoms with E-state index >= 15 is 0 Å². The summed E-state index contributed by atoms with van der Waals surface area (Å²) in [6.45, 7) is 0. The average molecular weight is 270 g/mol. The Bertz CT molecular complexity index is 707. The third-order valence-electron chi connectivity index (χ3n) is 2.98. The highest BCUT2D eigenvalue weighted by atomic mass is 35.5. The number of para-hydroxylation sites is 1. The van der Waals surface area contributed by atoms with Crippen LogP contribution in [-0.2, 0) is 5.88 Å². The van der Waals surface area contributed by atoms with Crippen LogP contribution in [0.25, 0.3) is 10.8 Å². The smallest absolute Gasteiger partial charge is 0.160 e. The first-order chi connectivity index (χ1) is 9.38. The van der Waals surface area contributed by atoms with E-state index in [0.29, 0.717) is 5.88 Å². The maximum Gasteiger partial charge on any atom is 0.160 e. The van der Waals surface area contributed by atoms with Gasteiger partial charge in [0.15, 0.2) is 5.82 Å². The predicted molar refractivity (Wildman–Crippen MR) is 78.8 cm³/mol. The van der Waals surface area contributed by atoms with Crippen molar-refractivity contribution < 1.29 is 0 Å². The Morgan fingerprint density at radius 2 is 1.79 bits per heavy atom. The molecule has 1 aromatic heterocycles. The summed E-state index contributed by atoms with van der Waals surface area (Å²) in [6, 6.07) is 15.9. The van der Waals surface area contributed by atoms with Gasteiger partial charge in [-0.15, -0.1) is 16.7 Å². The quantitative estimate of drug-likeness (QED) is 0.727. The van der Waals surface area contributed by atoms with E-state index < -0.39 is 0 Å². The van der Waals surface area contributed by atoms with Crippen molar-refractivity contribution in [1.82, 2.24) is 10.2 Å². The second-order valence-electron chi connectivity index (χ2n) is 4.20. The fourth-order valence-electron chi connectivity index (χ4n) is 2.01. The van der Waals surface area contributed by atoms with Crippen LogP contribution in [0.5, 0.6) is 0 Å². The van der Waals surface area contributed by atoms with E-state index in [1.165, 1.54) is 0 Å². The normalized spacial score (nSPS) is 10.6. The summed E-state index contributed by atoms with van der Waals surface area (Å²) in [4.78, 5) is 0. The van der Waals surface area contributed by atoms with Crippen molar-refractivity contribution in [2.75, 3.05) is 5.32 Å². The Morgan fingerprint density at radius 1 is 1.00 bits per heavy atom. The number of alkyl halides is 1. The van der Waals surface area contributed by atoms with Gasteiger partial charge in [0.1, 0.15) is 0 Å². The second kappa shape index (κ2) is 5.24. The fraction of sp³-hybridized carbons (Fsp3) is 0.0667. The Morgan fingerprint density at radius 3 is 2.68 bits per heavy atom. The maximum atomic E-state index is 5.94. The molecule has 0 aliphatic rings. The number of nitrogens with one attached hydrogen (secondary N) is 1. The van der Waals surface area contributed by atoms with Crippen LogP contribution in [0.4, 0.5) is 11.5 Å². The molecule has 0 spiro atoms. The van der Waals surface area contributed by atoms with E-state index in [0.717, 1.165) is 27.8 Å². The van der Waals surface area contributed by atoms with Gasteiger partial charge in [0.05, 0.1) is 6.20 Å². The summed E-state index contributed by atoms with van der Waals surface area (Å²) in [5, 5.41) is 13.6. The maximum absolute atomic E-state index is 5.94. The summed E-state index contributed by atoms with van der Waals surface area (Å²) < 4.78 is 0. The molecule has 0 saturated carbocycles. The number of hydrogen-bond donors (Lipinski definition) is 1. The SMILES string of the molecule is ClCc1ccccc1Nc1nncc2ccccc12. The molecule has 3 nitrogen and oxygen atoms in total. The van der Waals surface area contributed by atoms with Crippen molar-refractivity contribution in [2.45, 2.75) is 5.88 Å². The van der Waals surface area contributed by atoms with Crippen molar-refractivity contribution in [1.29, 1.82) is 0 Å². The molecule has 0 fully saturated rings. The summed E-state index contributed by atoms with van der Waals surface area (Å²) in [5.74, 6) is 1.21. The zero-order chi connectivity index (χ0) is 13.1. The zero-order valence-corrected chi connectivity index (χ0v) is 10.9. The van der Waals surface area contributed by atoms with Crippen molar-refractivity contribution in [3.8, 4) is 0 Å². The van der Waals surface area contributed by atoms with Gasteiger partial charge in [-0.1, -0.05) is 42.5 Å². The van der Waals surface area contributed by atoms with E-state index in [1.807, 2.05) is 48.5 Å². The lowest BCUT2D eigenvalue weighted by molar-refractivity contribution is 1.05. The summed E-state index contributed by atoms with van der Waals surface area (Å²) in [7, 11) is 0. The average Bonchev–Trinajstić information content (AvgIpc) is 2.48. The molecule has 3 aromatic rings. The molecule has 4 heteroatoms. The third-order valence-corrected chi connectivity index (χ3v) is 3.27. The first-order valence-corrected chi connectivity index (χ1v) is 6.53. The van der Waals surface area contributed by atoms with Crippen LogP contribution in [0.2, 0.25) is 0 Å². The molecule has 0 radical (unpaired) electrons. The molecule has 0 amide bonds. The Kier molecular flexibility index (Phi) is 3.29. The van der Waals surface area contributed by atoms with Crippen LogP contribution in [0.15, 0.2) is 54.7 Å². The topological polar surface area (TPSA) is 37.8 Å². The van der Waals surface area contributed by atoms with Crippen LogP contribution in [-0.4, -0.2) is 10.2 Å². The number of benzene rings is 2. The molecule has 0 aliphatic heterocycles. The van der Waals surface area contributed by atoms with Crippen LogP contribution >= 0.6 is 11.6 Å². The Balaban J connectivity index is 2.06. The molecule has 0 saturated heterocycles. The van der Waals surface area contributed by atoms with Gasteiger partial charge in [0.2, 0.25) is 0 Å². The lowest BCUT2D eigenvalue weighted by atomic mass is 10.1. The second-order valence-corrected chi connectivity index (χ2v) is 4.46. The van der Waals surface area contributed by atoms with Crippen LogP contribution < -0.4 is 5.32 Å². The van der Waals surface area contributed by atoms with Gasteiger partial charge in [-0.2, -0.15) is 5.10 Å². The van der Waals surface area contributed by atoms with Gasteiger partial charge in [-0.05, 0) is 11.6 Å². The molecule has 0 bridgehead atoms. The molecule has 0 unspecified atom stereocenters. The summed E-state index contributed by atoms with van der Waals surface area (Å²) in [6.07, 6.45) is 1.76. The number of hydrogen-bond acceptors (Lipinski definition) is 3. The number of rotatable bonds is 3. The highest BCUT2D eigenvalue weighted by Crippen LogP contribution is 2.25. The lowest BCUT2D eigenvalue weighted by Crippen LogP contribution is -1.98. The fourth-order valence-corrected chi connectivity index (χ4v) is 2.24. The Labute approximate surface area is 116 Å². The number of fused-ring (bicyclic) bond motifs is 1. The lowest BCUT2D eigenvalue weighted by Gasteiger charge is -2.10. The molecular weight excluding hydrogens is 258 g/mol. The molecule has 3 rings (SSSR count). The first-order valence-electron chi connectivity index (χ1n) is 6.00. The van der Waals surface area contributed by atoms with E-state index in [-0.39, 0.29) is 0 Å². The Hall–Kier alpha value is -2.13. The van der Waals surface area contributed by atoms with Crippen molar-refractivity contribution in [2.24, 2.45) is 0 Å². The first kappa shape index (κ1) is 11.9. The van der Waals surface area contributed by atoms with Crippen molar-refractivity contribution >= 4 is 33.9 Å². The molecule has 0 atom stereocenters. The van der Waals surface area contributed by atoms with E-state index in [4.69, 9.17) is 11.6 Å². The zero-order valence-electron chi connectivity index (χ0n) is 10.2. The van der Waals surface area contributed by atoms with Crippen molar-refractivity contribution in [3.63, 3.8) is 0 Å². The van der Waals surface area contributed by atoms with Crippen molar-refractivity contribution in [3.05, 3.63) is 60.3 Å². The highest BCUT2D eigenvalue weighted by molar-refractivity contribution is 6.17. The minimum Gasteiger partial charge on any atom is -0.338 e. The van der Waals surface area contributed by atoms with Gasteiger partial charge in [-0.3, -0.25) is 0 Å².